The van der Waals surface area contributed by atoms with Gasteiger partial charge < -0.3 is 21.1 Å². The molecule has 47 heavy (non-hydrogen) atoms. The molecule has 10 heteroatoms. The van der Waals surface area contributed by atoms with E-state index >= 15 is 0 Å². The number of amides is 2. The fourth-order valence-corrected chi connectivity index (χ4v) is 5.92. The zero-order valence-corrected chi connectivity index (χ0v) is 27.8. The molecule has 0 aliphatic carbocycles. The van der Waals surface area contributed by atoms with Crippen LogP contribution in [0.15, 0.2) is 109 Å². The second-order valence-corrected chi connectivity index (χ2v) is 13.5. The summed E-state index contributed by atoms with van der Waals surface area (Å²) in [6, 6.07) is 32.1. The van der Waals surface area contributed by atoms with Gasteiger partial charge in [-0.1, -0.05) is 97.9 Å². The summed E-state index contributed by atoms with van der Waals surface area (Å²) in [6.45, 7) is 5.62. The molecule has 0 heterocycles. The number of hydrogen-bond donors (Lipinski definition) is 5. The first-order valence-corrected chi connectivity index (χ1v) is 17.6. The second kappa shape index (κ2) is 16.9. The Morgan fingerprint density at radius 2 is 1.28 bits per heavy atom. The van der Waals surface area contributed by atoms with Crippen molar-refractivity contribution in [1.82, 2.24) is 16.0 Å². The lowest BCUT2D eigenvalue weighted by molar-refractivity contribution is 0.0824. The summed E-state index contributed by atoms with van der Waals surface area (Å²) in [7, 11) is -3.70. The van der Waals surface area contributed by atoms with E-state index in [-0.39, 0.29) is 41.2 Å². The van der Waals surface area contributed by atoms with Crippen LogP contribution in [0.5, 0.6) is 0 Å². The van der Waals surface area contributed by atoms with E-state index in [0.717, 1.165) is 23.1 Å². The average Bonchev–Trinajstić information content (AvgIpc) is 3.09. The molecule has 5 N–H and O–H groups in total. The number of benzene rings is 4. The molecule has 0 unspecified atom stereocenters. The number of anilines is 1. The normalized spacial score (nSPS) is 14.0. The minimum atomic E-state index is -3.70. The van der Waals surface area contributed by atoms with Crippen LogP contribution in [0.3, 0.4) is 0 Å². The highest BCUT2D eigenvalue weighted by molar-refractivity contribution is 7.92. The van der Waals surface area contributed by atoms with Crippen LogP contribution >= 0.6 is 0 Å². The number of carbonyl (C=O) groups excluding carboxylic acids is 2. The molecule has 0 aromatic heterocycles. The Balaban J connectivity index is 1.59. The average molecular weight is 657 g/mol. The van der Waals surface area contributed by atoms with E-state index in [0.29, 0.717) is 6.42 Å². The van der Waals surface area contributed by atoms with Gasteiger partial charge >= 0.3 is 0 Å². The number of aliphatic hydroxyl groups is 1. The van der Waals surface area contributed by atoms with E-state index in [4.69, 9.17) is 0 Å². The van der Waals surface area contributed by atoms with E-state index < -0.39 is 34.0 Å². The number of hydrogen-bond acceptors (Lipinski definition) is 6. The van der Waals surface area contributed by atoms with Crippen molar-refractivity contribution in [2.24, 2.45) is 0 Å². The molecule has 0 aliphatic heterocycles. The lowest BCUT2D eigenvalue weighted by Crippen LogP contribution is -2.49. The third kappa shape index (κ3) is 10.5. The van der Waals surface area contributed by atoms with Gasteiger partial charge in [-0.3, -0.25) is 14.3 Å². The van der Waals surface area contributed by atoms with Gasteiger partial charge in [0.05, 0.1) is 29.6 Å². The number of nitrogens with one attached hydrogen (secondary N) is 4. The summed E-state index contributed by atoms with van der Waals surface area (Å²) in [5, 5.41) is 20.7. The Morgan fingerprint density at radius 1 is 0.745 bits per heavy atom. The lowest BCUT2D eigenvalue weighted by atomic mass is 9.99. The molecule has 0 fully saturated rings. The highest BCUT2D eigenvalue weighted by Crippen LogP contribution is 2.20. The summed E-state index contributed by atoms with van der Waals surface area (Å²) < 4.78 is 27.4. The summed E-state index contributed by atoms with van der Waals surface area (Å²) in [6.07, 6.45) is 0.190. The first-order valence-electron chi connectivity index (χ1n) is 15.9. The third-order valence-electron chi connectivity index (χ3n) is 8.02. The zero-order valence-electron chi connectivity index (χ0n) is 27.0. The van der Waals surface area contributed by atoms with Crippen LogP contribution in [0.1, 0.15) is 76.7 Å². The van der Waals surface area contributed by atoms with E-state index in [1.54, 1.807) is 0 Å². The number of sulfonamides is 1. The van der Waals surface area contributed by atoms with Crippen LogP contribution in [-0.4, -0.2) is 49.8 Å². The number of carbonyl (C=O) groups is 2. The third-order valence-corrected chi connectivity index (χ3v) is 9.33. The van der Waals surface area contributed by atoms with Crippen molar-refractivity contribution < 1.29 is 23.1 Å². The van der Waals surface area contributed by atoms with Crippen LogP contribution < -0.4 is 20.7 Å². The number of aliphatic hydroxyl groups excluding tert-OH is 1. The van der Waals surface area contributed by atoms with Crippen molar-refractivity contribution in [3.63, 3.8) is 0 Å². The molecule has 9 nitrogen and oxygen atoms in total. The molecule has 0 bridgehead atoms. The van der Waals surface area contributed by atoms with Gasteiger partial charge in [0.15, 0.2) is 0 Å². The first-order chi connectivity index (χ1) is 22.6. The van der Waals surface area contributed by atoms with Gasteiger partial charge in [-0.2, -0.15) is 0 Å². The SMILES string of the molecule is CC[C@H](NC[C@@H](O)[C@H](Cc1ccccc1)NC(=O)c1cc(NS(=O)(=O)CC)cc(C(=O)N[C@H](C)c2ccccc2)c1)c1ccccc1. The predicted octanol–water partition coefficient (Wildman–Crippen LogP) is 5.38. The van der Waals surface area contributed by atoms with Gasteiger partial charge in [-0.05, 0) is 61.6 Å². The second-order valence-electron chi connectivity index (χ2n) is 11.5. The van der Waals surface area contributed by atoms with Crippen molar-refractivity contribution in [3.05, 3.63) is 137 Å². The van der Waals surface area contributed by atoms with Gasteiger partial charge in [-0.25, -0.2) is 8.42 Å². The Kier molecular flexibility index (Phi) is 12.7. The molecule has 0 spiro atoms. The molecule has 4 atom stereocenters. The van der Waals surface area contributed by atoms with Crippen LogP contribution in [0.4, 0.5) is 5.69 Å². The molecule has 4 aromatic rings. The summed E-state index contributed by atoms with van der Waals surface area (Å²) >= 11 is 0. The van der Waals surface area contributed by atoms with Gasteiger partial charge in [0.2, 0.25) is 10.0 Å². The van der Waals surface area contributed by atoms with Crippen molar-refractivity contribution in [1.29, 1.82) is 0 Å². The lowest BCUT2D eigenvalue weighted by Gasteiger charge is -2.27. The van der Waals surface area contributed by atoms with Crippen LogP contribution in [-0.2, 0) is 16.4 Å². The Morgan fingerprint density at radius 3 is 1.83 bits per heavy atom. The summed E-state index contributed by atoms with van der Waals surface area (Å²) in [5.41, 5.74) is 3.20. The summed E-state index contributed by atoms with van der Waals surface area (Å²) in [4.78, 5) is 27.2. The van der Waals surface area contributed by atoms with Gasteiger partial charge in [0.1, 0.15) is 0 Å². The Hall–Kier alpha value is -4.51. The van der Waals surface area contributed by atoms with Gasteiger partial charge in [-0.15, -0.1) is 0 Å². The van der Waals surface area contributed by atoms with Crippen LogP contribution in [0, 0.1) is 0 Å². The maximum Gasteiger partial charge on any atom is 0.251 e. The fraction of sp³-hybridized carbons (Fsp3) is 0.297. The maximum atomic E-state index is 13.8. The van der Waals surface area contributed by atoms with E-state index in [1.807, 2.05) is 97.9 Å². The fourth-order valence-electron chi connectivity index (χ4n) is 5.30. The topological polar surface area (TPSA) is 137 Å². The van der Waals surface area contributed by atoms with Crippen molar-refractivity contribution >= 4 is 27.5 Å². The standard InChI is InChI=1S/C37H44N4O5S/c1-4-33(29-19-13-8-14-20-29)38-25-35(42)34(21-27-15-9-6-10-16-27)40-37(44)31-22-30(23-32(24-31)41-47(45,46)5-2)36(43)39-26(3)28-17-11-7-12-18-28/h6-20,22-24,26,33-35,38,41-42H,4-5,21,25H2,1-3H3,(H,39,43)(H,40,44)/t26-,33+,34+,35-/m1/s1. The van der Waals surface area contributed by atoms with Gasteiger partial charge in [0.25, 0.3) is 11.8 Å². The van der Waals surface area contributed by atoms with Crippen molar-refractivity contribution in [3.8, 4) is 0 Å². The molecule has 0 saturated heterocycles. The van der Waals surface area contributed by atoms with Crippen LogP contribution in [0.2, 0.25) is 0 Å². The quantitative estimate of drug-likeness (QED) is 0.110. The first kappa shape index (κ1) is 35.3. The smallest absolute Gasteiger partial charge is 0.251 e. The number of rotatable bonds is 16. The molecule has 0 aliphatic rings. The van der Waals surface area contributed by atoms with E-state index in [1.165, 1.54) is 25.1 Å². The zero-order chi connectivity index (χ0) is 33.8. The molecule has 248 valence electrons. The van der Waals surface area contributed by atoms with E-state index in [2.05, 4.69) is 27.6 Å². The molecule has 4 rings (SSSR count). The molecule has 0 radical (unpaired) electrons. The molecular formula is C37H44N4O5S. The Bertz CT molecular complexity index is 1700. The van der Waals surface area contributed by atoms with Crippen molar-refractivity contribution in [2.45, 2.75) is 57.8 Å². The maximum absolute atomic E-state index is 13.8. The monoisotopic (exact) mass is 656 g/mol. The van der Waals surface area contributed by atoms with Crippen LogP contribution in [0.25, 0.3) is 0 Å². The highest BCUT2D eigenvalue weighted by Gasteiger charge is 2.25. The van der Waals surface area contributed by atoms with E-state index in [9.17, 15) is 23.1 Å². The Labute approximate surface area is 277 Å². The predicted molar refractivity (Wildman–Crippen MR) is 187 cm³/mol. The van der Waals surface area contributed by atoms with Gasteiger partial charge in [0, 0.05) is 23.7 Å². The summed E-state index contributed by atoms with van der Waals surface area (Å²) in [5.74, 6) is -1.21. The molecule has 2 amide bonds. The van der Waals surface area contributed by atoms with Crippen molar-refractivity contribution in [2.75, 3.05) is 17.0 Å². The largest absolute Gasteiger partial charge is 0.390 e. The molecule has 0 saturated carbocycles. The molecule has 4 aromatic carbocycles. The highest BCUT2D eigenvalue weighted by atomic mass is 32.2. The minimum Gasteiger partial charge on any atom is -0.390 e. The minimum absolute atomic E-state index is 0.0153. The molecular weight excluding hydrogens is 612 g/mol.